The van der Waals surface area contributed by atoms with E-state index in [9.17, 15) is 0 Å². The van der Waals surface area contributed by atoms with E-state index in [1.165, 1.54) is 0 Å². The molecule has 4 N–H and O–H groups in total. The van der Waals surface area contributed by atoms with Crippen LogP contribution in [0.15, 0.2) is 0 Å². The molecule has 0 aromatic carbocycles. The lowest BCUT2D eigenvalue weighted by Crippen LogP contribution is -2.54. The molecule has 0 rings (SSSR count). The summed E-state index contributed by atoms with van der Waals surface area (Å²) >= 11 is 0. The van der Waals surface area contributed by atoms with Gasteiger partial charge in [-0.3, -0.25) is 0 Å². The van der Waals surface area contributed by atoms with Crippen molar-refractivity contribution in [3.8, 4) is 0 Å². The van der Waals surface area contributed by atoms with Crippen LogP contribution in [-0.2, 0) is 32.8 Å². The van der Waals surface area contributed by atoms with Gasteiger partial charge >= 0.3 is 9.05 Å². The van der Waals surface area contributed by atoms with Crippen LogP contribution < -0.4 is 11.5 Å². The molecule has 9 nitrogen and oxygen atoms in total. The van der Waals surface area contributed by atoms with Crippen LogP contribution in [0.4, 0.5) is 0 Å². The Hall–Kier alpha value is -0.143. The van der Waals surface area contributed by atoms with E-state index in [1.54, 1.807) is 27.7 Å². The fourth-order valence-corrected chi connectivity index (χ4v) is 2.96. The SMILES string of the molecule is CCOO[Si](OOCC)(OOCC)OC(CCN)C(C)N. The maximum absolute atomic E-state index is 5.87. The molecule has 0 radical (unpaired) electrons. The molecule has 0 aromatic heterocycles. The van der Waals surface area contributed by atoms with Crippen LogP contribution in [0.1, 0.15) is 34.1 Å². The first-order valence-electron chi connectivity index (χ1n) is 7.10. The van der Waals surface area contributed by atoms with Gasteiger partial charge in [-0.1, -0.05) is 0 Å². The fraction of sp³-hybridized carbons (Fsp3) is 1.00. The van der Waals surface area contributed by atoms with Crippen LogP contribution in [0.5, 0.6) is 0 Å². The summed E-state index contributed by atoms with van der Waals surface area (Å²) in [5.41, 5.74) is 11.4. The Labute approximate surface area is 127 Å². The van der Waals surface area contributed by atoms with Crippen molar-refractivity contribution in [2.24, 2.45) is 11.5 Å². The summed E-state index contributed by atoms with van der Waals surface area (Å²) in [4.78, 5) is 14.7. The van der Waals surface area contributed by atoms with Crippen LogP contribution in [0.3, 0.4) is 0 Å². The van der Waals surface area contributed by atoms with E-state index in [2.05, 4.69) is 0 Å². The molecule has 0 saturated carbocycles. The Morgan fingerprint density at radius 1 is 0.905 bits per heavy atom. The normalized spacial score (nSPS) is 15.1. The third kappa shape index (κ3) is 8.78. The molecule has 10 heteroatoms. The zero-order valence-corrected chi connectivity index (χ0v) is 14.2. The third-order valence-corrected chi connectivity index (χ3v) is 3.73. The van der Waals surface area contributed by atoms with Gasteiger partial charge in [-0.15, -0.1) is 0 Å². The van der Waals surface area contributed by atoms with E-state index < -0.39 is 15.2 Å². The minimum atomic E-state index is -3.82. The number of rotatable bonds is 14. The Balaban J connectivity index is 4.97. The van der Waals surface area contributed by atoms with Crippen LogP contribution in [-0.4, -0.2) is 47.6 Å². The quantitative estimate of drug-likeness (QED) is 0.265. The second-order valence-electron chi connectivity index (χ2n) is 4.06. The molecule has 0 saturated heterocycles. The minimum Gasteiger partial charge on any atom is -0.343 e. The molecule has 0 bridgehead atoms. The predicted molar refractivity (Wildman–Crippen MR) is 76.1 cm³/mol. The topological polar surface area (TPSA) is 117 Å². The minimum absolute atomic E-state index is 0.267. The zero-order valence-electron chi connectivity index (χ0n) is 13.2. The van der Waals surface area contributed by atoms with Gasteiger partial charge in [-0.05, 0) is 40.7 Å². The third-order valence-electron chi connectivity index (χ3n) is 2.17. The van der Waals surface area contributed by atoms with Crippen molar-refractivity contribution in [1.29, 1.82) is 0 Å². The van der Waals surface area contributed by atoms with Gasteiger partial charge in [0.2, 0.25) is 0 Å². The van der Waals surface area contributed by atoms with Gasteiger partial charge in [0, 0.05) is 6.04 Å². The zero-order chi connectivity index (χ0) is 16.1. The summed E-state index contributed by atoms with van der Waals surface area (Å²) in [6, 6.07) is -0.318. The molecule has 0 heterocycles. The number of nitrogens with two attached hydrogens (primary N) is 2. The highest BCUT2D eigenvalue weighted by molar-refractivity contribution is 6.52. The van der Waals surface area contributed by atoms with Crippen molar-refractivity contribution >= 4 is 9.05 Å². The number of hydrogen-bond acceptors (Lipinski definition) is 9. The van der Waals surface area contributed by atoms with Crippen LogP contribution in [0.2, 0.25) is 0 Å². The molecule has 0 spiro atoms. The van der Waals surface area contributed by atoms with Crippen molar-refractivity contribution in [2.75, 3.05) is 26.4 Å². The highest BCUT2D eigenvalue weighted by Crippen LogP contribution is 2.19. The van der Waals surface area contributed by atoms with Crippen molar-refractivity contribution in [2.45, 2.75) is 46.3 Å². The second kappa shape index (κ2) is 12.4. The molecule has 128 valence electrons. The summed E-state index contributed by atoms with van der Waals surface area (Å²) in [5.74, 6) is 0. The Kier molecular flexibility index (Phi) is 12.3. The average molecular weight is 328 g/mol. The van der Waals surface area contributed by atoms with Crippen molar-refractivity contribution in [3.05, 3.63) is 0 Å². The standard InChI is InChI=1S/C11H28N2O7Si/c1-5-14-18-21(19-15-6-2,20-16-7-3)17-11(8-9-12)10(4)13/h10-11H,5-9,12-13H2,1-4H3. The van der Waals surface area contributed by atoms with Crippen molar-refractivity contribution in [3.63, 3.8) is 0 Å². The molecule has 0 fully saturated rings. The van der Waals surface area contributed by atoms with Gasteiger partial charge < -0.3 is 15.9 Å². The van der Waals surface area contributed by atoms with Crippen LogP contribution in [0.25, 0.3) is 0 Å². The smallest absolute Gasteiger partial charge is 0.343 e. The molecular formula is C11H28N2O7Si. The first kappa shape index (κ1) is 20.9. The summed E-state index contributed by atoms with van der Waals surface area (Å²) in [5, 5.41) is 0. The lowest BCUT2D eigenvalue weighted by Gasteiger charge is -2.30. The van der Waals surface area contributed by atoms with Gasteiger partial charge in [0.25, 0.3) is 0 Å². The summed E-state index contributed by atoms with van der Waals surface area (Å²) in [6.45, 7) is 8.18. The van der Waals surface area contributed by atoms with Gasteiger partial charge in [0.1, 0.15) is 0 Å². The molecule has 0 aliphatic rings. The average Bonchev–Trinajstić information content (AvgIpc) is 2.48. The predicted octanol–water partition coefficient (Wildman–Crippen LogP) is 0.408. The monoisotopic (exact) mass is 328 g/mol. The van der Waals surface area contributed by atoms with Gasteiger partial charge in [0.15, 0.2) is 0 Å². The first-order valence-corrected chi connectivity index (χ1v) is 8.73. The summed E-state index contributed by atoms with van der Waals surface area (Å²) < 4.78 is 21.1. The van der Waals surface area contributed by atoms with E-state index in [4.69, 9.17) is 44.3 Å². The van der Waals surface area contributed by atoms with Gasteiger partial charge in [-0.2, -0.15) is 13.7 Å². The summed E-state index contributed by atoms with van der Waals surface area (Å²) in [6.07, 6.45) is 0.0374. The lowest BCUT2D eigenvalue weighted by molar-refractivity contribution is -0.388. The molecule has 0 amide bonds. The highest BCUT2D eigenvalue weighted by atomic mass is 28.4. The van der Waals surface area contributed by atoms with E-state index >= 15 is 0 Å². The maximum Gasteiger partial charge on any atom is 0.764 e. The summed E-state index contributed by atoms with van der Waals surface area (Å²) in [7, 11) is -3.82. The Morgan fingerprint density at radius 3 is 1.62 bits per heavy atom. The van der Waals surface area contributed by atoms with E-state index in [0.29, 0.717) is 13.0 Å². The van der Waals surface area contributed by atoms with Gasteiger partial charge in [-0.25, -0.2) is 14.7 Å². The van der Waals surface area contributed by atoms with E-state index in [1.807, 2.05) is 0 Å². The van der Waals surface area contributed by atoms with E-state index in [-0.39, 0.29) is 25.9 Å². The molecule has 0 aliphatic carbocycles. The molecule has 0 aromatic rings. The lowest BCUT2D eigenvalue weighted by atomic mass is 10.1. The van der Waals surface area contributed by atoms with Crippen molar-refractivity contribution in [1.82, 2.24) is 0 Å². The van der Waals surface area contributed by atoms with Gasteiger partial charge in [0.05, 0.1) is 25.9 Å². The molecular weight excluding hydrogens is 300 g/mol. The Bertz CT molecular complexity index is 227. The molecule has 2 unspecified atom stereocenters. The van der Waals surface area contributed by atoms with Crippen LogP contribution in [0, 0.1) is 0 Å². The number of hydrogen-bond donors (Lipinski definition) is 2. The fourth-order valence-electron chi connectivity index (χ4n) is 1.27. The largest absolute Gasteiger partial charge is 0.764 e. The molecule has 2 atom stereocenters. The highest BCUT2D eigenvalue weighted by Gasteiger charge is 2.54. The maximum atomic E-state index is 5.87. The Morgan fingerprint density at radius 2 is 1.33 bits per heavy atom. The van der Waals surface area contributed by atoms with E-state index in [0.717, 1.165) is 0 Å². The molecule has 0 aliphatic heterocycles. The van der Waals surface area contributed by atoms with Crippen molar-refractivity contribution < 1.29 is 32.8 Å². The first-order chi connectivity index (χ1) is 10.0. The molecule has 21 heavy (non-hydrogen) atoms. The van der Waals surface area contributed by atoms with Crippen LogP contribution >= 0.6 is 0 Å². The second-order valence-corrected chi connectivity index (χ2v) is 5.80.